The molecule has 0 heterocycles. The molecule has 0 aliphatic rings. The summed E-state index contributed by atoms with van der Waals surface area (Å²) in [4.78, 5) is 11.4. The molecular weight excluding hydrogens is 226 g/mol. The minimum Gasteiger partial charge on any atom is -0.497 e. The molecular formula is C11H13NO3S. The number of hydrogen-bond donors (Lipinski definition) is 2. The van der Waals surface area contributed by atoms with Gasteiger partial charge < -0.3 is 15.2 Å². The molecule has 1 aromatic rings. The van der Waals surface area contributed by atoms with E-state index in [2.05, 4.69) is 5.32 Å². The number of aliphatic carboxylic acids is 1. The van der Waals surface area contributed by atoms with Crippen molar-refractivity contribution in [2.24, 2.45) is 0 Å². The highest BCUT2D eigenvalue weighted by Crippen LogP contribution is 2.20. The molecule has 1 atom stereocenters. The Morgan fingerprint density at radius 1 is 1.44 bits per heavy atom. The zero-order valence-electron chi connectivity index (χ0n) is 9.06. The molecule has 86 valence electrons. The zero-order valence-corrected chi connectivity index (χ0v) is 9.88. The van der Waals surface area contributed by atoms with Gasteiger partial charge in [0.25, 0.3) is 0 Å². The highest BCUT2D eigenvalue weighted by atomic mass is 32.1. The van der Waals surface area contributed by atoms with Crippen LogP contribution in [-0.4, -0.2) is 30.2 Å². The summed E-state index contributed by atoms with van der Waals surface area (Å²) in [6.45, 7) is 0. The van der Waals surface area contributed by atoms with E-state index >= 15 is 0 Å². The molecule has 0 bridgehead atoms. The number of thiocarbonyl (C=S) groups is 1. The molecule has 0 saturated heterocycles. The third kappa shape index (κ3) is 2.70. The maximum atomic E-state index is 11.1. The maximum Gasteiger partial charge on any atom is 0.317 e. The number of carboxylic acids is 1. The first-order chi connectivity index (χ1) is 7.60. The van der Waals surface area contributed by atoms with Crippen LogP contribution in [0.5, 0.6) is 5.75 Å². The van der Waals surface area contributed by atoms with Crippen molar-refractivity contribution in [1.29, 1.82) is 0 Å². The first kappa shape index (κ1) is 12.4. The van der Waals surface area contributed by atoms with Crippen LogP contribution in [0.2, 0.25) is 0 Å². The van der Waals surface area contributed by atoms with Crippen LogP contribution in [0.1, 0.15) is 11.5 Å². The topological polar surface area (TPSA) is 58.6 Å². The van der Waals surface area contributed by atoms with Gasteiger partial charge in [-0.1, -0.05) is 24.4 Å². The van der Waals surface area contributed by atoms with E-state index in [0.29, 0.717) is 11.3 Å². The van der Waals surface area contributed by atoms with Crippen molar-refractivity contribution < 1.29 is 14.6 Å². The van der Waals surface area contributed by atoms with Gasteiger partial charge in [0.15, 0.2) is 0 Å². The van der Waals surface area contributed by atoms with Crippen LogP contribution in [0.4, 0.5) is 0 Å². The van der Waals surface area contributed by atoms with Gasteiger partial charge in [-0.3, -0.25) is 4.79 Å². The van der Waals surface area contributed by atoms with E-state index in [1.54, 1.807) is 38.4 Å². The standard InChI is InChI=1S/C11H13NO3S/c1-12-10(16)9(11(13)14)7-3-5-8(15-2)6-4-7/h3-6,9H,1-2H3,(H,12,16)(H,13,14). The number of carboxylic acid groups (broad SMARTS) is 1. The van der Waals surface area contributed by atoms with Crippen LogP contribution in [0.15, 0.2) is 24.3 Å². The fourth-order valence-corrected chi connectivity index (χ4v) is 1.58. The lowest BCUT2D eigenvalue weighted by Crippen LogP contribution is -2.29. The molecule has 1 unspecified atom stereocenters. The number of nitrogens with one attached hydrogen (secondary N) is 1. The van der Waals surface area contributed by atoms with Crippen molar-refractivity contribution in [3.63, 3.8) is 0 Å². The molecule has 0 saturated carbocycles. The Hall–Kier alpha value is -1.62. The SMILES string of the molecule is CNC(=S)C(C(=O)O)c1ccc(OC)cc1. The van der Waals surface area contributed by atoms with E-state index in [-0.39, 0.29) is 4.99 Å². The van der Waals surface area contributed by atoms with Gasteiger partial charge >= 0.3 is 5.97 Å². The second-order valence-corrected chi connectivity index (χ2v) is 3.60. The summed E-state index contributed by atoms with van der Waals surface area (Å²) in [6.07, 6.45) is 0. The van der Waals surface area contributed by atoms with Gasteiger partial charge in [-0.05, 0) is 17.7 Å². The summed E-state index contributed by atoms with van der Waals surface area (Å²) < 4.78 is 5.00. The number of methoxy groups -OCH3 is 1. The number of benzene rings is 1. The fourth-order valence-electron chi connectivity index (χ4n) is 1.35. The molecule has 0 amide bonds. The number of ether oxygens (including phenoxy) is 1. The largest absolute Gasteiger partial charge is 0.497 e. The van der Waals surface area contributed by atoms with Gasteiger partial charge in [-0.15, -0.1) is 0 Å². The third-order valence-electron chi connectivity index (χ3n) is 2.20. The molecule has 0 aliphatic heterocycles. The Morgan fingerprint density at radius 3 is 2.38 bits per heavy atom. The fraction of sp³-hybridized carbons (Fsp3) is 0.273. The summed E-state index contributed by atoms with van der Waals surface area (Å²) >= 11 is 4.97. The molecule has 1 rings (SSSR count). The predicted molar refractivity (Wildman–Crippen MR) is 65.0 cm³/mol. The molecule has 2 N–H and O–H groups in total. The maximum absolute atomic E-state index is 11.1. The Labute approximate surface area is 99.2 Å². The van der Waals surface area contributed by atoms with Crippen LogP contribution in [-0.2, 0) is 4.79 Å². The predicted octanol–water partition coefficient (Wildman–Crippen LogP) is 1.41. The number of rotatable bonds is 4. The van der Waals surface area contributed by atoms with Crippen molar-refractivity contribution >= 4 is 23.2 Å². The average molecular weight is 239 g/mol. The van der Waals surface area contributed by atoms with Gasteiger partial charge in [0.05, 0.1) is 12.1 Å². The Bertz CT molecular complexity index is 389. The Balaban J connectivity index is 3.02. The molecule has 1 aromatic carbocycles. The van der Waals surface area contributed by atoms with Gasteiger partial charge in [-0.2, -0.15) is 0 Å². The summed E-state index contributed by atoms with van der Waals surface area (Å²) in [6, 6.07) is 6.82. The first-order valence-electron chi connectivity index (χ1n) is 4.68. The molecule has 0 radical (unpaired) electrons. The van der Waals surface area contributed by atoms with E-state index in [1.807, 2.05) is 0 Å². The Morgan fingerprint density at radius 2 is 2.00 bits per heavy atom. The number of likely N-dealkylation sites (N-methyl/N-ethyl adjacent to an activating group) is 1. The van der Waals surface area contributed by atoms with Gasteiger partial charge in [0, 0.05) is 7.05 Å². The van der Waals surface area contributed by atoms with Gasteiger partial charge in [0.2, 0.25) is 0 Å². The highest BCUT2D eigenvalue weighted by molar-refractivity contribution is 7.80. The summed E-state index contributed by atoms with van der Waals surface area (Å²) in [5.74, 6) is -1.10. The molecule has 0 aliphatic carbocycles. The molecule has 4 nitrogen and oxygen atoms in total. The van der Waals surface area contributed by atoms with Crippen LogP contribution in [0, 0.1) is 0 Å². The van der Waals surface area contributed by atoms with Crippen molar-refractivity contribution in [1.82, 2.24) is 5.32 Å². The monoisotopic (exact) mass is 239 g/mol. The van der Waals surface area contributed by atoms with Crippen LogP contribution >= 0.6 is 12.2 Å². The summed E-state index contributed by atoms with van der Waals surface area (Å²) in [5.41, 5.74) is 0.632. The van der Waals surface area contributed by atoms with E-state index in [4.69, 9.17) is 22.1 Å². The minimum atomic E-state index is -0.968. The van der Waals surface area contributed by atoms with E-state index in [0.717, 1.165) is 0 Å². The molecule has 5 heteroatoms. The lowest BCUT2D eigenvalue weighted by atomic mass is 9.99. The minimum absolute atomic E-state index is 0.290. The quantitative estimate of drug-likeness (QED) is 0.778. The van der Waals surface area contributed by atoms with Gasteiger partial charge in [0.1, 0.15) is 11.7 Å². The second-order valence-electron chi connectivity index (χ2n) is 3.16. The molecule has 0 aromatic heterocycles. The highest BCUT2D eigenvalue weighted by Gasteiger charge is 2.23. The first-order valence-corrected chi connectivity index (χ1v) is 5.09. The van der Waals surface area contributed by atoms with Crippen LogP contribution in [0.3, 0.4) is 0 Å². The van der Waals surface area contributed by atoms with E-state index in [1.165, 1.54) is 0 Å². The van der Waals surface area contributed by atoms with Gasteiger partial charge in [-0.25, -0.2) is 0 Å². The van der Waals surface area contributed by atoms with E-state index in [9.17, 15) is 4.79 Å². The number of carbonyl (C=O) groups is 1. The van der Waals surface area contributed by atoms with Crippen LogP contribution < -0.4 is 10.1 Å². The van der Waals surface area contributed by atoms with Crippen molar-refractivity contribution in [3.8, 4) is 5.75 Å². The lowest BCUT2D eigenvalue weighted by Gasteiger charge is -2.14. The molecule has 0 spiro atoms. The summed E-state index contributed by atoms with van der Waals surface area (Å²) in [7, 11) is 3.17. The Kier molecular flexibility index (Phi) is 4.25. The van der Waals surface area contributed by atoms with Crippen molar-refractivity contribution in [3.05, 3.63) is 29.8 Å². The number of hydrogen-bond acceptors (Lipinski definition) is 3. The van der Waals surface area contributed by atoms with Crippen molar-refractivity contribution in [2.75, 3.05) is 14.2 Å². The van der Waals surface area contributed by atoms with E-state index < -0.39 is 11.9 Å². The average Bonchev–Trinajstić information content (AvgIpc) is 2.29. The molecule has 0 fully saturated rings. The molecule has 16 heavy (non-hydrogen) atoms. The second kappa shape index (κ2) is 5.46. The summed E-state index contributed by atoms with van der Waals surface area (Å²) in [5, 5.41) is 11.8. The lowest BCUT2D eigenvalue weighted by molar-refractivity contribution is -0.137. The van der Waals surface area contributed by atoms with Crippen molar-refractivity contribution in [2.45, 2.75) is 5.92 Å². The zero-order chi connectivity index (χ0) is 12.1. The smallest absolute Gasteiger partial charge is 0.317 e. The normalized spacial score (nSPS) is 11.6. The third-order valence-corrected chi connectivity index (χ3v) is 2.64. The van der Waals surface area contributed by atoms with Crippen LogP contribution in [0.25, 0.3) is 0 Å².